The van der Waals surface area contributed by atoms with E-state index in [1.807, 2.05) is 23.6 Å². The number of benzene rings is 1. The number of hydrogen-bond acceptors (Lipinski definition) is 3. The summed E-state index contributed by atoms with van der Waals surface area (Å²) in [7, 11) is 0. The van der Waals surface area contributed by atoms with Gasteiger partial charge < -0.3 is 9.84 Å². The lowest BCUT2D eigenvalue weighted by Gasteiger charge is -2.21. The molecule has 1 aliphatic carbocycles. The number of hydrogen-bond donors (Lipinski definition) is 1. The first-order valence-electron chi connectivity index (χ1n) is 6.39. The van der Waals surface area contributed by atoms with Crippen LogP contribution in [0.15, 0.2) is 34.1 Å². The molecule has 0 saturated carbocycles. The van der Waals surface area contributed by atoms with Crippen LogP contribution in [-0.2, 0) is 13.0 Å². The topological polar surface area (TPSA) is 29.5 Å². The monoisotopic (exact) mass is 338 g/mol. The van der Waals surface area contributed by atoms with Crippen molar-refractivity contribution in [3.05, 3.63) is 50.1 Å². The van der Waals surface area contributed by atoms with Crippen LogP contribution in [0, 0.1) is 0 Å². The lowest BCUT2D eigenvalue weighted by molar-refractivity contribution is 0.156. The van der Waals surface area contributed by atoms with Crippen molar-refractivity contribution in [3.63, 3.8) is 0 Å². The molecule has 1 N–H and O–H groups in total. The lowest BCUT2D eigenvalue weighted by Crippen LogP contribution is -2.09. The fourth-order valence-corrected chi connectivity index (χ4v) is 3.81. The van der Waals surface area contributed by atoms with Gasteiger partial charge in [0, 0.05) is 4.47 Å². The molecule has 0 fully saturated rings. The quantitative estimate of drug-likeness (QED) is 0.895. The van der Waals surface area contributed by atoms with Crippen molar-refractivity contribution in [2.24, 2.45) is 0 Å². The van der Waals surface area contributed by atoms with Gasteiger partial charge in [0.25, 0.3) is 0 Å². The van der Waals surface area contributed by atoms with E-state index in [4.69, 9.17) is 4.74 Å². The molecule has 0 aliphatic heterocycles. The fraction of sp³-hybridized carbons (Fsp3) is 0.333. The molecular formula is C15H15BrO2S. The van der Waals surface area contributed by atoms with E-state index in [1.165, 1.54) is 10.4 Å². The number of fused-ring (bicyclic) bond motifs is 1. The molecule has 2 aromatic rings. The molecule has 3 rings (SSSR count). The second kappa shape index (κ2) is 5.65. The van der Waals surface area contributed by atoms with Crippen molar-refractivity contribution in [1.82, 2.24) is 0 Å². The minimum Gasteiger partial charge on any atom is -0.488 e. The molecule has 1 aromatic heterocycles. The van der Waals surface area contributed by atoms with E-state index in [1.54, 1.807) is 11.3 Å². The Kier molecular flexibility index (Phi) is 3.91. The Balaban J connectivity index is 1.74. The first kappa shape index (κ1) is 13.2. The number of ether oxygens (including phenoxy) is 1. The van der Waals surface area contributed by atoms with Gasteiger partial charge in [-0.05, 0) is 69.9 Å². The average molecular weight is 339 g/mol. The van der Waals surface area contributed by atoms with E-state index in [9.17, 15) is 5.11 Å². The highest BCUT2D eigenvalue weighted by atomic mass is 79.9. The molecular weight excluding hydrogens is 324 g/mol. The van der Waals surface area contributed by atoms with E-state index in [-0.39, 0.29) is 6.10 Å². The van der Waals surface area contributed by atoms with Crippen LogP contribution in [0.4, 0.5) is 0 Å². The summed E-state index contributed by atoms with van der Waals surface area (Å²) in [5, 5.41) is 12.0. The van der Waals surface area contributed by atoms with Crippen LogP contribution < -0.4 is 4.74 Å². The lowest BCUT2D eigenvalue weighted by atomic mass is 9.89. The van der Waals surface area contributed by atoms with Gasteiger partial charge in [-0.15, -0.1) is 11.3 Å². The van der Waals surface area contributed by atoms with Gasteiger partial charge in [0.2, 0.25) is 0 Å². The molecule has 1 atom stereocenters. The largest absolute Gasteiger partial charge is 0.488 e. The van der Waals surface area contributed by atoms with Gasteiger partial charge in [-0.25, -0.2) is 0 Å². The van der Waals surface area contributed by atoms with Crippen molar-refractivity contribution in [2.75, 3.05) is 0 Å². The van der Waals surface area contributed by atoms with Gasteiger partial charge >= 0.3 is 0 Å². The standard InChI is InChI=1S/C15H15BrO2S/c16-13-6-7-19-15(13)9-18-11-4-5-12-10(8-11)2-1-3-14(12)17/h4-8,14,17H,1-3,9H2. The Hall–Kier alpha value is -0.840. The third-order valence-electron chi connectivity index (χ3n) is 3.46. The normalized spacial score (nSPS) is 18.1. The maximum atomic E-state index is 9.92. The van der Waals surface area contributed by atoms with E-state index in [2.05, 4.69) is 22.0 Å². The average Bonchev–Trinajstić information content (AvgIpc) is 2.82. The Morgan fingerprint density at radius 2 is 2.26 bits per heavy atom. The summed E-state index contributed by atoms with van der Waals surface area (Å²) in [4.78, 5) is 1.19. The SMILES string of the molecule is OC1CCCc2cc(OCc3sccc3Br)ccc21. The zero-order chi connectivity index (χ0) is 13.2. The Labute approximate surface area is 125 Å². The number of thiophene rings is 1. The van der Waals surface area contributed by atoms with Crippen LogP contribution in [0.1, 0.15) is 34.9 Å². The fourth-order valence-electron chi connectivity index (χ4n) is 2.43. The highest BCUT2D eigenvalue weighted by Gasteiger charge is 2.18. The van der Waals surface area contributed by atoms with Gasteiger partial charge in [0.15, 0.2) is 0 Å². The predicted molar refractivity (Wildman–Crippen MR) is 80.7 cm³/mol. The van der Waals surface area contributed by atoms with E-state index < -0.39 is 0 Å². The predicted octanol–water partition coefficient (Wildman–Crippen LogP) is 4.46. The second-order valence-corrected chi connectivity index (χ2v) is 6.60. The van der Waals surface area contributed by atoms with Crippen LogP contribution in [0.2, 0.25) is 0 Å². The smallest absolute Gasteiger partial charge is 0.124 e. The third-order valence-corrected chi connectivity index (χ3v) is 5.36. The third kappa shape index (κ3) is 2.86. The van der Waals surface area contributed by atoms with Crippen molar-refractivity contribution in [3.8, 4) is 5.75 Å². The number of aliphatic hydroxyl groups is 1. The van der Waals surface area contributed by atoms with Gasteiger partial charge in [0.1, 0.15) is 12.4 Å². The first-order chi connectivity index (χ1) is 9.24. The zero-order valence-electron chi connectivity index (χ0n) is 10.4. The Morgan fingerprint density at radius 3 is 3.05 bits per heavy atom. The van der Waals surface area contributed by atoms with Crippen molar-refractivity contribution in [1.29, 1.82) is 0 Å². The maximum Gasteiger partial charge on any atom is 0.124 e. The summed E-state index contributed by atoms with van der Waals surface area (Å²) in [5.74, 6) is 0.883. The molecule has 4 heteroatoms. The minimum atomic E-state index is -0.302. The second-order valence-electron chi connectivity index (χ2n) is 4.75. The van der Waals surface area contributed by atoms with Crippen LogP contribution in [-0.4, -0.2) is 5.11 Å². The van der Waals surface area contributed by atoms with E-state index in [0.717, 1.165) is 35.0 Å². The van der Waals surface area contributed by atoms with Gasteiger partial charge in [-0.1, -0.05) is 6.07 Å². The van der Waals surface area contributed by atoms with Gasteiger partial charge in [-0.3, -0.25) is 0 Å². The number of aryl methyl sites for hydroxylation is 1. The first-order valence-corrected chi connectivity index (χ1v) is 8.07. The Bertz CT molecular complexity index is 579. The minimum absolute atomic E-state index is 0.302. The highest BCUT2D eigenvalue weighted by Crippen LogP contribution is 2.32. The summed E-state index contributed by atoms with van der Waals surface area (Å²) in [5.41, 5.74) is 2.29. The number of halogens is 1. The molecule has 1 unspecified atom stereocenters. The summed E-state index contributed by atoms with van der Waals surface area (Å²) in [6.45, 7) is 0.583. The van der Waals surface area contributed by atoms with Crippen molar-refractivity contribution >= 4 is 27.3 Å². The summed E-state index contributed by atoms with van der Waals surface area (Å²) in [6, 6.07) is 8.05. The summed E-state index contributed by atoms with van der Waals surface area (Å²) < 4.78 is 6.93. The molecule has 0 amide bonds. The molecule has 0 radical (unpaired) electrons. The molecule has 1 aliphatic rings. The summed E-state index contributed by atoms with van der Waals surface area (Å²) in [6.07, 6.45) is 2.65. The molecule has 0 bridgehead atoms. The molecule has 1 heterocycles. The molecule has 0 spiro atoms. The van der Waals surface area contributed by atoms with Crippen LogP contribution in [0.5, 0.6) is 5.75 Å². The number of rotatable bonds is 3. The van der Waals surface area contributed by atoms with Crippen LogP contribution >= 0.6 is 27.3 Å². The molecule has 2 nitrogen and oxygen atoms in total. The van der Waals surface area contributed by atoms with E-state index in [0.29, 0.717) is 6.61 Å². The van der Waals surface area contributed by atoms with Crippen molar-refractivity contribution < 1.29 is 9.84 Å². The number of aliphatic hydroxyl groups excluding tert-OH is 1. The van der Waals surface area contributed by atoms with Crippen LogP contribution in [0.3, 0.4) is 0 Å². The van der Waals surface area contributed by atoms with Crippen molar-refractivity contribution in [2.45, 2.75) is 32.0 Å². The molecule has 100 valence electrons. The van der Waals surface area contributed by atoms with Gasteiger partial charge in [-0.2, -0.15) is 0 Å². The molecule has 1 aromatic carbocycles. The van der Waals surface area contributed by atoms with Crippen LogP contribution in [0.25, 0.3) is 0 Å². The maximum absolute atomic E-state index is 9.92. The summed E-state index contributed by atoms with van der Waals surface area (Å²) >= 11 is 5.19. The van der Waals surface area contributed by atoms with E-state index >= 15 is 0 Å². The molecule has 19 heavy (non-hydrogen) atoms. The zero-order valence-corrected chi connectivity index (χ0v) is 12.8. The molecule has 0 saturated heterocycles. The van der Waals surface area contributed by atoms with Gasteiger partial charge in [0.05, 0.1) is 11.0 Å². The highest BCUT2D eigenvalue weighted by molar-refractivity contribution is 9.10. The Morgan fingerprint density at radius 1 is 1.37 bits per heavy atom.